The van der Waals surface area contributed by atoms with Crippen molar-refractivity contribution in [1.82, 2.24) is 39.2 Å². The van der Waals surface area contributed by atoms with Gasteiger partial charge in [-0.2, -0.15) is 0 Å². The summed E-state index contributed by atoms with van der Waals surface area (Å²) in [5.74, 6) is -0.450. The fraction of sp³-hybridized carbons (Fsp3) is 0.440. The molecule has 14 rings (SSSR count). The van der Waals surface area contributed by atoms with Gasteiger partial charge in [0, 0.05) is 56.9 Å². The highest BCUT2D eigenvalue weighted by atomic mass is 16.6. The first-order valence-electron chi connectivity index (χ1n) is 43.8. The van der Waals surface area contributed by atoms with Crippen LogP contribution in [0, 0.1) is 0 Å². The third-order valence-corrected chi connectivity index (χ3v) is 24.0. The second-order valence-corrected chi connectivity index (χ2v) is 33.1. The number of hydrogen-bond acceptors (Lipinski definition) is 20. The first-order valence-corrected chi connectivity index (χ1v) is 43.8. The molecule has 10 aromatic carbocycles. The van der Waals surface area contributed by atoms with Crippen LogP contribution in [0.15, 0.2) is 170 Å². The van der Waals surface area contributed by atoms with Gasteiger partial charge in [0.05, 0.1) is 74.6 Å². The molecular weight excluding hydrogens is 1630 g/mol. The molecule has 0 bridgehead atoms. The molecule has 0 spiro atoms. The highest BCUT2D eigenvalue weighted by Gasteiger charge is 2.40. The van der Waals surface area contributed by atoms with Crippen LogP contribution in [-0.4, -0.2) is 275 Å². The van der Waals surface area contributed by atoms with Gasteiger partial charge in [0.2, 0.25) is 0 Å². The lowest BCUT2D eigenvalue weighted by Crippen LogP contribution is -2.57. The van der Waals surface area contributed by atoms with E-state index in [1.54, 1.807) is 0 Å². The van der Waals surface area contributed by atoms with Crippen molar-refractivity contribution >= 4 is 113 Å². The molecule has 10 aromatic rings. The first-order chi connectivity index (χ1) is 61.9. The fourth-order valence-electron chi connectivity index (χ4n) is 16.6. The number of nitrogens with zero attached hydrogens (tertiary/aromatic N) is 8. The van der Waals surface area contributed by atoms with Gasteiger partial charge in [0.15, 0.2) is 0 Å². The molecule has 128 heavy (non-hydrogen) atoms. The van der Waals surface area contributed by atoms with E-state index in [1.165, 1.54) is 101 Å². The molecule has 4 aliphatic rings. The Kier molecular flexibility index (Phi) is 35.2. The molecule has 0 aromatic heterocycles. The number of urea groups is 4. The van der Waals surface area contributed by atoms with Gasteiger partial charge in [-0.15, -0.1) is 0 Å². The molecule has 4 saturated heterocycles. The van der Waals surface area contributed by atoms with Gasteiger partial charge in [-0.3, -0.25) is 39.2 Å². The Balaban J connectivity index is 0.000000166. The molecule has 4 heterocycles. The van der Waals surface area contributed by atoms with Gasteiger partial charge >= 0.3 is 48.0 Å². The van der Waals surface area contributed by atoms with Crippen molar-refractivity contribution in [2.75, 3.05) is 163 Å². The zero-order valence-electron chi connectivity index (χ0n) is 76.7. The second-order valence-electron chi connectivity index (χ2n) is 33.1. The molecule has 28 heteroatoms. The Labute approximate surface area is 749 Å². The number of amides is 8. The maximum absolute atomic E-state index is 13.5. The molecule has 4 atom stereocenters. The lowest BCUT2D eigenvalue weighted by molar-refractivity contribution is -0.0402. The van der Waals surface area contributed by atoms with E-state index in [9.17, 15) is 38.4 Å². The quantitative estimate of drug-likeness (QED) is 0.0215. The summed E-state index contributed by atoms with van der Waals surface area (Å²) in [6, 6.07) is 56.0. The van der Waals surface area contributed by atoms with Crippen molar-refractivity contribution in [3.8, 4) is 0 Å². The molecule has 4 fully saturated rings. The molecule has 0 N–H and O–H groups in total. The second kappa shape index (κ2) is 46.4. The zero-order chi connectivity index (χ0) is 91.8. The van der Waals surface area contributed by atoms with Gasteiger partial charge in [0.25, 0.3) is 0 Å². The molecular formula is C100H124N8O20. The highest BCUT2D eigenvalue weighted by molar-refractivity contribution is 6.10. The summed E-state index contributed by atoms with van der Waals surface area (Å²) < 4.78 is 64.9. The number of fused-ring (bicyclic) bond motifs is 6. The van der Waals surface area contributed by atoms with Crippen LogP contribution in [0.4, 0.5) is 19.2 Å². The molecule has 0 saturated carbocycles. The molecule has 4 unspecified atom stereocenters. The number of carbonyl (C=O) groups excluding carboxylic acids is 8. The van der Waals surface area contributed by atoms with Crippen LogP contribution in [0.3, 0.4) is 0 Å². The van der Waals surface area contributed by atoms with Gasteiger partial charge in [-0.25, -0.2) is 38.4 Å². The van der Waals surface area contributed by atoms with E-state index in [0.29, 0.717) is 34.1 Å². The summed E-state index contributed by atoms with van der Waals surface area (Å²) >= 11 is 0. The number of ether oxygens (including phenoxy) is 12. The van der Waals surface area contributed by atoms with Crippen molar-refractivity contribution in [1.29, 1.82) is 0 Å². The van der Waals surface area contributed by atoms with E-state index >= 15 is 0 Å². The minimum Gasteiger partial charge on any atom is -0.455 e. The minimum atomic E-state index is -0.502. The average molecular weight is 1760 g/mol. The van der Waals surface area contributed by atoms with Crippen molar-refractivity contribution in [2.45, 2.75) is 129 Å². The van der Waals surface area contributed by atoms with Crippen molar-refractivity contribution < 1.29 is 95.2 Å². The SMILES string of the molecule is CCC(C)c1cc(C(=O)OC2CN(COC)C(=O)N(COC)C2)c2cc3ccccc3cc2c1.CCC(C)c1cc(C(=O)OC2CN(COC)C(=O)N(COC)C2)c2ccccc2c1.CCC(C)c1cc2cc3ccccc3cc2cc1C(=O)OC1CN(COC)C(=O)N(COC)C1.CCC(C)c1ccc2ccccc2c1C(=O)OC1CN(COC)C(=O)N(COC)C1. The third-order valence-electron chi connectivity index (χ3n) is 24.0. The Morgan fingerprint density at radius 1 is 0.273 bits per heavy atom. The van der Waals surface area contributed by atoms with Crippen LogP contribution in [0.25, 0.3) is 64.6 Å². The number of carbonyl (C=O) groups is 8. The van der Waals surface area contributed by atoms with Gasteiger partial charge in [0.1, 0.15) is 78.3 Å². The summed E-state index contributed by atoms with van der Waals surface area (Å²) in [6.45, 7) is 20.2. The first kappa shape index (κ1) is 97.0. The minimum absolute atomic E-state index is 0.117. The summed E-state index contributed by atoms with van der Waals surface area (Å²) in [6.07, 6.45) is 1.81. The predicted molar refractivity (Wildman–Crippen MR) is 493 cm³/mol. The van der Waals surface area contributed by atoms with E-state index in [1.807, 2.05) is 109 Å². The van der Waals surface area contributed by atoms with E-state index in [0.717, 1.165) is 107 Å². The van der Waals surface area contributed by atoms with E-state index in [-0.39, 0.29) is 166 Å². The molecule has 684 valence electrons. The number of hydrogen-bond donors (Lipinski definition) is 0. The average Bonchev–Trinajstić information content (AvgIpc) is 0.757. The molecule has 0 aliphatic carbocycles. The lowest BCUT2D eigenvalue weighted by atomic mass is 9.90. The van der Waals surface area contributed by atoms with Gasteiger partial charge in [-0.05, 0) is 179 Å². The highest BCUT2D eigenvalue weighted by Crippen LogP contribution is 2.37. The van der Waals surface area contributed by atoms with Gasteiger partial charge < -0.3 is 56.8 Å². The largest absolute Gasteiger partial charge is 0.455 e. The maximum Gasteiger partial charge on any atom is 0.339 e. The standard InChI is InChI=1S/2C27H32N2O5.2C23H30N2O5/c1-5-18(2)21-11-22-10-19-8-6-7-9-20(19)12-24(22)25(13-21)26(30)34-23-14-28(16-32-3)27(31)29(15-23)17-33-4;1-5-18(2)24-12-21-10-19-8-6-7-9-20(19)11-22(21)13-25(24)26(30)34-23-14-28(16-32-3)27(31)29(15-23)17-33-4;1-5-16(2)18-10-17-8-6-7-9-20(17)21(11-18)22(26)30-19-12-24(14-28-3)23(27)25(13-19)15-29-4;1-5-16(2)19-11-10-17-8-6-7-9-20(17)21(19)22(26)30-18-12-24(14-28-3)23(27)25(13-18)15-29-4/h2*6-13,18,23H,5,14-17H2,1-4H3;6-11,16,19H,5,12-15H2,1-4H3;6-11,16,18H,5,12-15H2,1-4H3. The lowest BCUT2D eigenvalue weighted by Gasteiger charge is -2.38. The molecule has 28 nitrogen and oxygen atoms in total. The number of benzene rings is 10. The monoisotopic (exact) mass is 1760 g/mol. The van der Waals surface area contributed by atoms with E-state index in [4.69, 9.17) is 56.8 Å². The Bertz CT molecular complexity index is 5450. The Morgan fingerprint density at radius 3 is 0.930 bits per heavy atom. The Morgan fingerprint density at radius 2 is 0.562 bits per heavy atom. The molecule has 4 aliphatic heterocycles. The normalized spacial score (nSPS) is 16.0. The van der Waals surface area contributed by atoms with Crippen molar-refractivity contribution in [3.63, 3.8) is 0 Å². The smallest absolute Gasteiger partial charge is 0.339 e. The summed E-state index contributed by atoms with van der Waals surface area (Å²) in [4.78, 5) is 116. The zero-order valence-corrected chi connectivity index (χ0v) is 76.7. The summed E-state index contributed by atoms with van der Waals surface area (Å²) in [5, 5.41) is 12.2. The van der Waals surface area contributed by atoms with Crippen molar-refractivity contribution in [3.05, 3.63) is 214 Å². The topological polar surface area (TPSA) is 273 Å². The van der Waals surface area contributed by atoms with Crippen molar-refractivity contribution in [2.24, 2.45) is 0 Å². The Hall–Kier alpha value is -11.6. The summed E-state index contributed by atoms with van der Waals surface area (Å²) in [7, 11) is 12.2. The van der Waals surface area contributed by atoms with Gasteiger partial charge in [-0.1, -0.05) is 183 Å². The predicted octanol–water partition coefficient (Wildman–Crippen LogP) is 17.6. The van der Waals surface area contributed by atoms with Crippen LogP contribution in [0.1, 0.15) is 168 Å². The fourth-order valence-corrected chi connectivity index (χ4v) is 16.6. The van der Waals surface area contributed by atoms with Crippen LogP contribution in [0.5, 0.6) is 0 Å². The van der Waals surface area contributed by atoms with E-state index < -0.39 is 24.4 Å². The summed E-state index contributed by atoms with van der Waals surface area (Å²) in [5.41, 5.74) is 6.47. The van der Waals surface area contributed by atoms with Crippen LogP contribution in [0.2, 0.25) is 0 Å². The molecule has 8 amide bonds. The number of esters is 4. The maximum atomic E-state index is 13.5. The molecule has 0 radical (unpaired) electrons. The van der Waals surface area contributed by atoms with E-state index in [2.05, 4.69) is 116 Å². The van der Waals surface area contributed by atoms with Crippen LogP contribution >= 0.6 is 0 Å². The van der Waals surface area contributed by atoms with Crippen LogP contribution < -0.4 is 0 Å². The van der Waals surface area contributed by atoms with Crippen LogP contribution in [-0.2, 0) is 56.8 Å². The number of methoxy groups -OCH3 is 8. The third kappa shape index (κ3) is 23.7. The number of rotatable bonds is 32.